The Morgan fingerprint density at radius 2 is 1.71 bits per heavy atom. The molecule has 2 heterocycles. The molecule has 1 saturated heterocycles. The molecule has 0 saturated carbocycles. The molecular formula is C25H27BN2O6. The molecule has 0 spiro atoms. The molecule has 2 aromatic carbocycles. The molecule has 34 heavy (non-hydrogen) atoms. The predicted octanol–water partition coefficient (Wildman–Crippen LogP) is 3.76. The summed E-state index contributed by atoms with van der Waals surface area (Å²) in [7, 11) is -0.747. The van der Waals surface area contributed by atoms with Gasteiger partial charge in [-0.05, 0) is 50.4 Å². The average Bonchev–Trinajstić information content (AvgIpc) is 3.21. The molecule has 0 atom stereocenters. The van der Waals surface area contributed by atoms with Gasteiger partial charge in [-0.3, -0.25) is 9.59 Å². The summed E-state index contributed by atoms with van der Waals surface area (Å²) in [6.45, 7) is 7.96. The Balaban J connectivity index is 1.56. The number of carbonyl (C=O) groups excluding carboxylic acids is 3. The number of alkyl carbamates (subject to hydrolysis) is 1. The van der Waals surface area contributed by atoms with Crippen molar-refractivity contribution in [2.45, 2.75) is 45.5 Å². The number of nitrogens with one attached hydrogen (secondary N) is 2. The third-order valence-corrected chi connectivity index (χ3v) is 6.33. The van der Waals surface area contributed by atoms with E-state index in [4.69, 9.17) is 14.0 Å². The number of carbonyl (C=O) groups is 3. The first-order valence-electron chi connectivity index (χ1n) is 11.1. The minimum atomic E-state index is -0.747. The molecule has 2 amide bonds. The summed E-state index contributed by atoms with van der Waals surface area (Å²) < 4.78 is 17.7. The standard InChI is InChI=1S/C25H27BN2O6/c1-24(2)25(3,4)34-26(33-24)18(14-27-23(31)32-15-16-9-6-5-7-10-16)13-17-11-8-12-19-20(17)28-22(30)21(19)29/h5-13H,14-15H2,1-4H3,(H,27,31)(H,28,29,30). The van der Waals surface area contributed by atoms with Crippen LogP contribution in [0.25, 0.3) is 6.08 Å². The normalized spacial score (nSPS) is 18.5. The van der Waals surface area contributed by atoms with E-state index in [0.29, 0.717) is 22.3 Å². The van der Waals surface area contributed by atoms with E-state index in [1.807, 2.05) is 58.0 Å². The summed E-state index contributed by atoms with van der Waals surface area (Å²) in [4.78, 5) is 36.4. The lowest BCUT2D eigenvalue weighted by molar-refractivity contribution is -0.112. The fraction of sp³-hybridized carbons (Fsp3) is 0.320. The van der Waals surface area contributed by atoms with Crippen molar-refractivity contribution in [1.82, 2.24) is 5.32 Å². The largest absolute Gasteiger partial charge is 0.492 e. The SMILES string of the molecule is CC1(C)OB(C(=Cc2cccc3c2NC(=O)C3=O)CNC(=O)OCc2ccccc2)OC1(C)C. The van der Waals surface area contributed by atoms with E-state index in [0.717, 1.165) is 5.56 Å². The number of fused-ring (bicyclic) bond motifs is 1. The Labute approximate surface area is 198 Å². The summed E-state index contributed by atoms with van der Waals surface area (Å²) in [5, 5.41) is 5.37. The maximum atomic E-state index is 12.4. The van der Waals surface area contributed by atoms with Gasteiger partial charge in [0.25, 0.3) is 11.7 Å². The second-order valence-corrected chi connectivity index (χ2v) is 9.28. The van der Waals surface area contributed by atoms with Crippen LogP contribution in [0.4, 0.5) is 10.5 Å². The molecule has 0 bridgehead atoms. The van der Waals surface area contributed by atoms with Crippen molar-refractivity contribution in [3.05, 3.63) is 70.7 Å². The van der Waals surface area contributed by atoms with Crippen molar-refractivity contribution in [2.75, 3.05) is 11.9 Å². The van der Waals surface area contributed by atoms with E-state index in [9.17, 15) is 14.4 Å². The second kappa shape index (κ2) is 9.08. The number of para-hydroxylation sites is 1. The van der Waals surface area contributed by atoms with Gasteiger partial charge in [-0.25, -0.2) is 4.79 Å². The summed E-state index contributed by atoms with van der Waals surface area (Å²) in [6.07, 6.45) is 1.17. The first-order chi connectivity index (χ1) is 16.1. The van der Waals surface area contributed by atoms with Crippen LogP contribution in [0.15, 0.2) is 54.0 Å². The highest BCUT2D eigenvalue weighted by Crippen LogP contribution is 2.39. The highest BCUT2D eigenvalue weighted by Gasteiger charge is 2.52. The van der Waals surface area contributed by atoms with Crippen molar-refractivity contribution in [1.29, 1.82) is 0 Å². The lowest BCUT2D eigenvalue weighted by Crippen LogP contribution is -2.41. The fourth-order valence-electron chi connectivity index (χ4n) is 3.66. The topological polar surface area (TPSA) is 103 Å². The van der Waals surface area contributed by atoms with Crippen molar-refractivity contribution < 1.29 is 28.4 Å². The van der Waals surface area contributed by atoms with Gasteiger partial charge in [0.2, 0.25) is 0 Å². The van der Waals surface area contributed by atoms with Crippen molar-refractivity contribution in [3.8, 4) is 0 Å². The fourth-order valence-corrected chi connectivity index (χ4v) is 3.66. The third kappa shape index (κ3) is 4.76. The summed E-state index contributed by atoms with van der Waals surface area (Å²) in [5.41, 5.74) is 1.65. The van der Waals surface area contributed by atoms with Gasteiger partial charge in [0.1, 0.15) is 6.61 Å². The number of hydrogen-bond acceptors (Lipinski definition) is 6. The zero-order valence-corrected chi connectivity index (χ0v) is 19.6. The van der Waals surface area contributed by atoms with Gasteiger partial charge in [0.15, 0.2) is 0 Å². The molecule has 0 aromatic heterocycles. The maximum Gasteiger partial charge on any atom is 0.492 e. The number of hydrogen-bond donors (Lipinski definition) is 2. The summed E-state index contributed by atoms with van der Waals surface area (Å²) in [6, 6.07) is 14.4. The Morgan fingerprint density at radius 1 is 1.03 bits per heavy atom. The molecule has 9 heteroatoms. The van der Waals surface area contributed by atoms with Gasteiger partial charge in [-0.15, -0.1) is 0 Å². The van der Waals surface area contributed by atoms with Crippen LogP contribution in [0, 0.1) is 0 Å². The number of ether oxygens (including phenoxy) is 1. The highest BCUT2D eigenvalue weighted by molar-refractivity contribution is 6.56. The van der Waals surface area contributed by atoms with Crippen LogP contribution in [0.3, 0.4) is 0 Å². The number of ketones is 1. The predicted molar refractivity (Wildman–Crippen MR) is 128 cm³/mol. The van der Waals surface area contributed by atoms with Gasteiger partial charge >= 0.3 is 13.2 Å². The number of Topliss-reactive ketones (excluding diaryl/α,β-unsaturated/α-hetero) is 1. The van der Waals surface area contributed by atoms with Crippen LogP contribution in [-0.4, -0.2) is 42.6 Å². The molecule has 1 fully saturated rings. The van der Waals surface area contributed by atoms with Gasteiger partial charge in [-0.1, -0.05) is 48.5 Å². The van der Waals surface area contributed by atoms with Crippen molar-refractivity contribution in [3.63, 3.8) is 0 Å². The van der Waals surface area contributed by atoms with E-state index >= 15 is 0 Å². The quantitative estimate of drug-likeness (QED) is 0.501. The van der Waals surface area contributed by atoms with Crippen LogP contribution in [0.5, 0.6) is 0 Å². The Bertz CT molecular complexity index is 1140. The third-order valence-electron chi connectivity index (χ3n) is 6.33. The monoisotopic (exact) mass is 462 g/mol. The van der Waals surface area contributed by atoms with Crippen LogP contribution in [0.1, 0.15) is 49.2 Å². The number of anilines is 1. The Kier molecular flexibility index (Phi) is 6.33. The first-order valence-corrected chi connectivity index (χ1v) is 11.1. The summed E-state index contributed by atoms with van der Waals surface area (Å²) >= 11 is 0. The molecule has 2 N–H and O–H groups in total. The molecule has 0 unspecified atom stereocenters. The molecule has 4 rings (SSSR count). The van der Waals surface area contributed by atoms with Crippen LogP contribution >= 0.6 is 0 Å². The average molecular weight is 462 g/mol. The summed E-state index contributed by atoms with van der Waals surface area (Å²) in [5.74, 6) is -1.25. The first kappa shape index (κ1) is 23.7. The molecular weight excluding hydrogens is 435 g/mol. The van der Waals surface area contributed by atoms with Crippen molar-refractivity contribution in [2.24, 2.45) is 0 Å². The zero-order valence-electron chi connectivity index (χ0n) is 19.6. The molecule has 0 aliphatic carbocycles. The van der Waals surface area contributed by atoms with Crippen molar-refractivity contribution >= 4 is 36.7 Å². The van der Waals surface area contributed by atoms with Crippen LogP contribution in [-0.2, 0) is 25.4 Å². The Morgan fingerprint density at radius 3 is 2.38 bits per heavy atom. The van der Waals surface area contributed by atoms with E-state index in [2.05, 4.69) is 10.6 Å². The number of rotatable bonds is 6. The highest BCUT2D eigenvalue weighted by atomic mass is 16.7. The molecule has 0 radical (unpaired) electrons. The van der Waals surface area contributed by atoms with Crippen LogP contribution < -0.4 is 10.6 Å². The Hall–Kier alpha value is -3.43. The molecule has 176 valence electrons. The lowest BCUT2D eigenvalue weighted by atomic mass is 9.76. The smallest absolute Gasteiger partial charge is 0.445 e. The minimum absolute atomic E-state index is 0.0794. The zero-order chi connectivity index (χ0) is 24.5. The maximum absolute atomic E-state index is 12.4. The molecule has 2 aliphatic rings. The van der Waals surface area contributed by atoms with Gasteiger partial charge in [-0.2, -0.15) is 0 Å². The molecule has 8 nitrogen and oxygen atoms in total. The minimum Gasteiger partial charge on any atom is -0.445 e. The molecule has 2 aromatic rings. The second-order valence-electron chi connectivity index (χ2n) is 9.28. The van der Waals surface area contributed by atoms with E-state index in [1.54, 1.807) is 24.3 Å². The van der Waals surface area contributed by atoms with E-state index < -0.39 is 36.1 Å². The van der Waals surface area contributed by atoms with Crippen LogP contribution in [0.2, 0.25) is 0 Å². The number of benzene rings is 2. The van der Waals surface area contributed by atoms with Gasteiger partial charge in [0, 0.05) is 6.54 Å². The lowest BCUT2D eigenvalue weighted by Gasteiger charge is -2.32. The van der Waals surface area contributed by atoms with Gasteiger partial charge < -0.3 is 24.7 Å². The van der Waals surface area contributed by atoms with Gasteiger partial charge in [0.05, 0.1) is 22.5 Å². The molecule has 2 aliphatic heterocycles. The number of amides is 2. The van der Waals surface area contributed by atoms with E-state index in [1.165, 1.54) is 0 Å². The van der Waals surface area contributed by atoms with E-state index in [-0.39, 0.29) is 13.2 Å².